The summed E-state index contributed by atoms with van der Waals surface area (Å²) in [6.07, 6.45) is -5.01. The number of Topliss-reactive ketones (excluding diaryl/α,β-unsaturated/α-hetero) is 1. The summed E-state index contributed by atoms with van der Waals surface area (Å²) < 4.78 is 65.5. The predicted molar refractivity (Wildman–Crippen MR) is 47.8 cm³/mol. The molecule has 4 nitrogen and oxygen atoms in total. The molecule has 1 rings (SSSR count). The van der Waals surface area contributed by atoms with Crippen LogP contribution in [0.15, 0.2) is 29.2 Å². The van der Waals surface area contributed by atoms with E-state index in [1.807, 2.05) is 0 Å². The molecule has 0 bridgehead atoms. The van der Waals surface area contributed by atoms with Crippen molar-refractivity contribution < 1.29 is 61.9 Å². The third kappa shape index (κ3) is 4.40. The second-order valence-corrected chi connectivity index (χ2v) is 4.25. The fraction of sp³-hybridized carbons (Fsp3) is 0.125. The Morgan fingerprint density at radius 1 is 1.18 bits per heavy atom. The minimum atomic E-state index is -5.01. The van der Waals surface area contributed by atoms with E-state index in [9.17, 15) is 26.4 Å². The summed E-state index contributed by atoms with van der Waals surface area (Å²) in [4.78, 5) is 10.1. The van der Waals surface area contributed by atoms with E-state index in [0.717, 1.165) is 0 Å². The van der Waals surface area contributed by atoms with Crippen molar-refractivity contribution in [2.24, 2.45) is 0 Å². The summed E-state index contributed by atoms with van der Waals surface area (Å²) in [6, 6.07) is 2.79. The normalized spacial score (nSPS) is 11.8. The fourth-order valence-corrected chi connectivity index (χ4v) is 1.42. The van der Waals surface area contributed by atoms with Crippen molar-refractivity contribution >= 4 is 15.9 Å². The van der Waals surface area contributed by atoms with E-state index in [2.05, 4.69) is 0 Å². The van der Waals surface area contributed by atoms with Gasteiger partial charge >= 0.3 is 35.7 Å². The van der Waals surface area contributed by atoms with Crippen molar-refractivity contribution in [3.8, 4) is 0 Å². The first-order valence-electron chi connectivity index (χ1n) is 3.81. The number of benzene rings is 1. The van der Waals surface area contributed by atoms with Gasteiger partial charge in [0.2, 0.25) is 0 Å². The van der Waals surface area contributed by atoms with Gasteiger partial charge in [-0.2, -0.15) is 21.6 Å². The molecular weight excluding hydrogens is 272 g/mol. The van der Waals surface area contributed by atoms with Crippen molar-refractivity contribution in [1.82, 2.24) is 0 Å². The van der Waals surface area contributed by atoms with Gasteiger partial charge in [0, 0.05) is 5.56 Å². The maximum Gasteiger partial charge on any atom is 1.00 e. The first-order chi connectivity index (χ1) is 7.12. The minimum absolute atomic E-state index is 0. The smallest absolute Gasteiger partial charge is 1.00 e. The summed E-state index contributed by atoms with van der Waals surface area (Å²) in [5.41, 5.74) is -0.695. The van der Waals surface area contributed by atoms with Crippen LogP contribution in [0, 0.1) is 0 Å². The summed E-state index contributed by atoms with van der Waals surface area (Å²) in [5.74, 6) is -2.07. The number of hydrogen-bond acceptors (Lipinski definition) is 3. The first-order valence-corrected chi connectivity index (χ1v) is 5.25. The van der Waals surface area contributed by atoms with Crippen molar-refractivity contribution in [1.29, 1.82) is 0 Å². The van der Waals surface area contributed by atoms with E-state index < -0.39 is 32.5 Å². The van der Waals surface area contributed by atoms with E-state index in [0.29, 0.717) is 24.3 Å². The van der Waals surface area contributed by atoms with Crippen LogP contribution in [0.5, 0.6) is 0 Å². The molecule has 0 aliphatic rings. The fourth-order valence-electron chi connectivity index (χ4n) is 0.942. The molecule has 1 aromatic carbocycles. The van der Waals surface area contributed by atoms with Crippen LogP contribution >= 0.6 is 0 Å². The molecule has 90 valence electrons. The Morgan fingerprint density at radius 3 is 1.88 bits per heavy atom. The Hall–Kier alpha value is -0.410. The molecule has 0 aromatic heterocycles. The maximum atomic E-state index is 12.0. The molecule has 1 N–H and O–H groups in total. The second kappa shape index (κ2) is 5.49. The van der Waals surface area contributed by atoms with E-state index in [-0.39, 0.29) is 31.0 Å². The molecule has 0 atom stereocenters. The number of hydrogen-bond donors (Lipinski definition) is 1. The topological polar surface area (TPSA) is 71.4 Å². The van der Waals surface area contributed by atoms with Gasteiger partial charge in [-0.05, 0) is 24.3 Å². The summed E-state index contributed by atoms with van der Waals surface area (Å²) in [6.45, 7) is 0. The Kier molecular flexibility index (Phi) is 5.36. The molecule has 0 radical (unpaired) electrons. The number of alkyl halides is 3. The largest absolute Gasteiger partial charge is 1.00 e. The molecule has 0 saturated heterocycles. The van der Waals surface area contributed by atoms with Gasteiger partial charge in [-0.25, -0.2) is 0 Å². The van der Waals surface area contributed by atoms with Gasteiger partial charge < -0.3 is 1.43 Å². The minimum Gasteiger partial charge on any atom is -1.00 e. The Bertz CT molecular complexity index is 512. The van der Waals surface area contributed by atoms with Crippen molar-refractivity contribution in [3.63, 3.8) is 0 Å². The van der Waals surface area contributed by atoms with Crippen LogP contribution in [-0.2, 0) is 10.1 Å². The van der Waals surface area contributed by atoms with Crippen molar-refractivity contribution in [3.05, 3.63) is 29.8 Å². The molecule has 0 saturated carbocycles. The molecule has 0 amide bonds. The zero-order valence-corrected chi connectivity index (χ0v) is 11.3. The molecular formula is C8H6F3NaO4S. The van der Waals surface area contributed by atoms with Crippen LogP contribution < -0.4 is 29.6 Å². The number of carbonyl (C=O) groups is 1. The molecule has 0 aliphatic carbocycles. The zero-order valence-electron chi connectivity index (χ0n) is 9.52. The van der Waals surface area contributed by atoms with E-state index in [1.165, 1.54) is 0 Å². The SMILES string of the molecule is O=C(c1ccc(S(=O)(=O)O)cc1)C(F)(F)F.[H-].[Na+]. The molecule has 0 fully saturated rings. The van der Waals surface area contributed by atoms with Gasteiger partial charge in [0.15, 0.2) is 0 Å². The molecule has 17 heavy (non-hydrogen) atoms. The molecule has 0 spiro atoms. The zero-order chi connectivity index (χ0) is 12.6. The monoisotopic (exact) mass is 278 g/mol. The van der Waals surface area contributed by atoms with Crippen LogP contribution in [0.1, 0.15) is 11.8 Å². The van der Waals surface area contributed by atoms with Gasteiger partial charge in [-0.1, -0.05) is 0 Å². The molecule has 9 heteroatoms. The number of rotatable bonds is 2. The van der Waals surface area contributed by atoms with Crippen LogP contribution in [0.3, 0.4) is 0 Å². The second-order valence-electron chi connectivity index (χ2n) is 2.83. The summed E-state index contributed by atoms with van der Waals surface area (Å²) in [5, 5.41) is 0. The van der Waals surface area contributed by atoms with Crippen molar-refractivity contribution in [2.75, 3.05) is 0 Å². The Balaban J connectivity index is 0. The van der Waals surface area contributed by atoms with Crippen molar-refractivity contribution in [2.45, 2.75) is 11.1 Å². The molecule has 0 unspecified atom stereocenters. The van der Waals surface area contributed by atoms with Gasteiger partial charge in [0.25, 0.3) is 15.9 Å². The Morgan fingerprint density at radius 2 is 1.59 bits per heavy atom. The quantitative estimate of drug-likeness (QED) is 0.419. The predicted octanol–water partition coefficient (Wildman–Crippen LogP) is -1.21. The van der Waals surface area contributed by atoms with Gasteiger partial charge in [0.05, 0.1) is 4.90 Å². The number of carbonyl (C=O) groups excluding carboxylic acids is 1. The van der Waals surface area contributed by atoms with Crippen LogP contribution in [0.4, 0.5) is 13.2 Å². The third-order valence-corrected chi connectivity index (χ3v) is 2.54. The molecule has 1 aromatic rings. The Labute approximate surface area is 118 Å². The summed E-state index contributed by atoms with van der Waals surface area (Å²) >= 11 is 0. The average molecular weight is 278 g/mol. The van der Waals surface area contributed by atoms with Crippen LogP contribution in [-0.4, -0.2) is 24.9 Å². The first kappa shape index (κ1) is 16.6. The van der Waals surface area contributed by atoms with Crippen LogP contribution in [0.2, 0.25) is 0 Å². The molecule has 0 aliphatic heterocycles. The van der Waals surface area contributed by atoms with E-state index in [4.69, 9.17) is 4.55 Å². The van der Waals surface area contributed by atoms with Gasteiger partial charge in [-0.15, -0.1) is 0 Å². The number of ketones is 1. The van der Waals surface area contributed by atoms with Crippen LogP contribution in [0.25, 0.3) is 0 Å². The average Bonchev–Trinajstić information content (AvgIpc) is 2.14. The third-order valence-electron chi connectivity index (χ3n) is 1.67. The number of halogens is 3. The van der Waals surface area contributed by atoms with E-state index >= 15 is 0 Å². The standard InChI is InChI=1S/C8H5F3O4S.Na.H/c9-8(10,11)7(12)5-1-3-6(4-2-5)16(13,14)15;;/h1-4H,(H,13,14,15);;/q;+1;-1. The van der Waals surface area contributed by atoms with Gasteiger partial charge in [0.1, 0.15) is 0 Å². The van der Waals surface area contributed by atoms with E-state index in [1.54, 1.807) is 0 Å². The maximum absolute atomic E-state index is 12.0. The summed E-state index contributed by atoms with van der Waals surface area (Å²) in [7, 11) is -4.47. The van der Waals surface area contributed by atoms with Gasteiger partial charge in [-0.3, -0.25) is 9.35 Å². The molecule has 0 heterocycles.